The molecule has 1 amide bonds. The first-order valence-electron chi connectivity index (χ1n) is 13.2. The second-order valence-corrected chi connectivity index (χ2v) is 14.5. The lowest BCUT2D eigenvalue weighted by molar-refractivity contribution is -0.143. The van der Waals surface area contributed by atoms with E-state index in [1.165, 1.54) is 41.5 Å². The predicted molar refractivity (Wildman–Crippen MR) is 149 cm³/mol. The first-order chi connectivity index (χ1) is 20.2. The molecule has 1 aromatic heterocycles. The number of hydrogen-bond acceptors (Lipinski definition) is 5. The molecule has 0 aliphatic carbocycles. The van der Waals surface area contributed by atoms with Gasteiger partial charge in [-0.1, -0.05) is 16.0 Å². The Kier molecular flexibility index (Phi) is 10.2. The van der Waals surface area contributed by atoms with Crippen LogP contribution in [-0.2, 0) is 34.6 Å². The lowest BCUT2D eigenvalue weighted by Gasteiger charge is -2.34. The van der Waals surface area contributed by atoms with Gasteiger partial charge in [-0.2, -0.15) is 39.5 Å². The third kappa shape index (κ3) is 8.97. The van der Waals surface area contributed by atoms with Crippen molar-refractivity contribution in [3.63, 3.8) is 0 Å². The van der Waals surface area contributed by atoms with Gasteiger partial charge in [-0.15, -0.1) is 0 Å². The minimum absolute atomic E-state index is 0.0969. The maximum Gasteiger partial charge on any atom is 0.433 e. The van der Waals surface area contributed by atoms with Gasteiger partial charge in [0.2, 0.25) is 0 Å². The van der Waals surface area contributed by atoms with E-state index >= 15 is 0 Å². The van der Waals surface area contributed by atoms with Gasteiger partial charge in [-0.05, 0) is 84.2 Å². The number of likely N-dealkylation sites (tertiary alicyclic amines) is 1. The summed E-state index contributed by atoms with van der Waals surface area (Å²) in [4.78, 5) is 17.8. The number of carbonyl (C=O) groups excluding carboxylic acids is 1. The number of halogens is 10. The number of amides is 1. The third-order valence-electron chi connectivity index (χ3n) is 6.43. The topological polar surface area (TPSA) is 77.8 Å². The third-order valence-corrected chi connectivity index (χ3v) is 8.15. The summed E-state index contributed by atoms with van der Waals surface area (Å²) in [5, 5.41) is -0.294. The SMILES string of the molecule is CC(C)(C)OC(=O)N1[C@H](/C(=N/[S@@+]([O-])C(C)(C)C)c2cc(C(F)(F)F)cc(C(F)(F)F)c2)CC[C@H]1c1cc(C(F)(F)F)ncc1Cl. The first kappa shape index (κ1) is 36.7. The quantitative estimate of drug-likeness (QED) is 0.182. The van der Waals surface area contributed by atoms with E-state index in [-0.39, 0.29) is 29.5 Å². The summed E-state index contributed by atoms with van der Waals surface area (Å²) in [7, 11) is 0. The minimum atomic E-state index is -5.24. The van der Waals surface area contributed by atoms with Gasteiger partial charge in [0, 0.05) is 11.8 Å². The van der Waals surface area contributed by atoms with Crippen LogP contribution in [0.1, 0.15) is 88.4 Å². The molecule has 2 heterocycles. The van der Waals surface area contributed by atoms with Gasteiger partial charge >= 0.3 is 24.6 Å². The molecule has 0 radical (unpaired) electrons. The van der Waals surface area contributed by atoms with E-state index in [9.17, 15) is 48.9 Å². The molecule has 0 N–H and O–H groups in total. The molecule has 45 heavy (non-hydrogen) atoms. The van der Waals surface area contributed by atoms with Crippen molar-refractivity contribution in [3.8, 4) is 0 Å². The lowest BCUT2D eigenvalue weighted by atomic mass is 9.96. The molecular weight excluding hydrogens is 665 g/mol. The Morgan fingerprint density at radius 1 is 0.911 bits per heavy atom. The Hall–Kier alpha value is -2.72. The van der Waals surface area contributed by atoms with Crippen molar-refractivity contribution in [2.75, 3.05) is 0 Å². The fraction of sp³-hybridized carbons (Fsp3) is 0.536. The lowest BCUT2D eigenvalue weighted by Crippen LogP contribution is -2.45. The van der Waals surface area contributed by atoms with E-state index in [1.54, 1.807) is 0 Å². The van der Waals surface area contributed by atoms with Crippen LogP contribution < -0.4 is 0 Å². The number of benzene rings is 1. The molecule has 1 aliphatic heterocycles. The van der Waals surface area contributed by atoms with E-state index in [1.807, 2.05) is 0 Å². The molecule has 0 spiro atoms. The van der Waals surface area contributed by atoms with Crippen LogP contribution in [-0.4, -0.2) is 42.6 Å². The van der Waals surface area contributed by atoms with Gasteiger partial charge in [-0.3, -0.25) is 9.88 Å². The van der Waals surface area contributed by atoms with E-state index in [4.69, 9.17) is 16.3 Å². The number of hydrogen-bond donors (Lipinski definition) is 0. The van der Waals surface area contributed by atoms with Gasteiger partial charge in [0.05, 0.1) is 28.2 Å². The summed E-state index contributed by atoms with van der Waals surface area (Å²) in [6.07, 6.45) is -16.3. The fourth-order valence-electron chi connectivity index (χ4n) is 4.45. The summed E-state index contributed by atoms with van der Waals surface area (Å²) in [5.41, 5.74) is -7.51. The maximum absolute atomic E-state index is 13.8. The second-order valence-electron chi connectivity index (χ2n) is 12.2. The van der Waals surface area contributed by atoms with Gasteiger partial charge in [-0.25, -0.2) is 4.79 Å². The maximum atomic E-state index is 13.8. The van der Waals surface area contributed by atoms with Crippen molar-refractivity contribution < 1.29 is 53.6 Å². The van der Waals surface area contributed by atoms with Crippen LogP contribution in [0.5, 0.6) is 0 Å². The number of pyridine rings is 1. The molecule has 6 nitrogen and oxygen atoms in total. The van der Waals surface area contributed by atoms with Crippen molar-refractivity contribution in [3.05, 3.63) is 63.4 Å². The number of ether oxygens (including phenoxy) is 1. The molecule has 1 aliphatic rings. The van der Waals surface area contributed by atoms with Crippen molar-refractivity contribution in [1.29, 1.82) is 0 Å². The normalized spacial score (nSPS) is 19.6. The Labute approximate surface area is 261 Å². The van der Waals surface area contributed by atoms with E-state index in [2.05, 4.69) is 9.38 Å². The average molecular weight is 694 g/mol. The summed E-state index contributed by atoms with van der Waals surface area (Å²) in [5.74, 6) is 0. The first-order valence-corrected chi connectivity index (χ1v) is 14.7. The van der Waals surface area contributed by atoms with Crippen molar-refractivity contribution in [1.82, 2.24) is 9.88 Å². The van der Waals surface area contributed by atoms with Crippen LogP contribution in [0.25, 0.3) is 0 Å². The second kappa shape index (κ2) is 12.5. The molecule has 3 atom stereocenters. The van der Waals surface area contributed by atoms with Crippen LogP contribution >= 0.6 is 11.6 Å². The van der Waals surface area contributed by atoms with Crippen molar-refractivity contribution in [2.24, 2.45) is 4.40 Å². The van der Waals surface area contributed by atoms with Crippen LogP contribution in [0, 0.1) is 0 Å². The number of aromatic nitrogens is 1. The summed E-state index contributed by atoms with van der Waals surface area (Å²) in [6, 6.07) is -1.55. The van der Waals surface area contributed by atoms with Gasteiger partial charge in [0.15, 0.2) is 0 Å². The fourth-order valence-corrected chi connectivity index (χ4v) is 5.36. The zero-order valence-electron chi connectivity index (χ0n) is 24.7. The van der Waals surface area contributed by atoms with Gasteiger partial charge in [0.25, 0.3) is 0 Å². The Bertz CT molecular complexity index is 1420. The van der Waals surface area contributed by atoms with E-state index in [0.717, 1.165) is 4.90 Å². The van der Waals surface area contributed by atoms with Crippen LogP contribution in [0.2, 0.25) is 5.02 Å². The number of carbonyl (C=O) groups is 1. The molecule has 2 aromatic rings. The summed E-state index contributed by atoms with van der Waals surface area (Å²) >= 11 is 3.94. The summed E-state index contributed by atoms with van der Waals surface area (Å²) < 4.78 is 145. The predicted octanol–water partition coefficient (Wildman–Crippen LogP) is 9.18. The molecule has 1 saturated heterocycles. The molecule has 17 heteroatoms. The highest BCUT2D eigenvalue weighted by molar-refractivity contribution is 7.91. The molecule has 250 valence electrons. The zero-order valence-corrected chi connectivity index (χ0v) is 26.3. The molecule has 0 bridgehead atoms. The number of nitrogens with zero attached hydrogens (tertiary/aromatic N) is 3. The highest BCUT2D eigenvalue weighted by Crippen LogP contribution is 2.44. The summed E-state index contributed by atoms with van der Waals surface area (Å²) in [6.45, 7) is 8.77. The highest BCUT2D eigenvalue weighted by Gasteiger charge is 2.47. The standard InChI is InChI=1S/C28H29ClF9N3O3S/c1-24(2,3)44-23(42)41-19(17-12-21(28(36,37)38)39-13-18(17)29)7-8-20(41)22(40-45(43)25(4,5)6)14-9-15(26(30,31)32)11-16(10-14)27(33,34)35/h9-13,19-20H,7-8H2,1-6H3/b40-22+/t19-,20-,45-/m0/s1. The van der Waals surface area contributed by atoms with Crippen LogP contribution in [0.3, 0.4) is 0 Å². The number of rotatable bonds is 4. The van der Waals surface area contributed by atoms with Crippen LogP contribution in [0.15, 0.2) is 34.9 Å². The molecule has 0 saturated carbocycles. The van der Waals surface area contributed by atoms with Crippen molar-refractivity contribution >= 4 is 34.8 Å². The largest absolute Gasteiger partial charge is 0.591 e. The Morgan fingerprint density at radius 3 is 1.89 bits per heavy atom. The van der Waals surface area contributed by atoms with Gasteiger partial charge in [0.1, 0.15) is 33.1 Å². The monoisotopic (exact) mass is 693 g/mol. The van der Waals surface area contributed by atoms with E-state index < -0.39 is 86.5 Å². The highest BCUT2D eigenvalue weighted by atomic mass is 35.5. The number of alkyl halides is 9. The van der Waals surface area contributed by atoms with E-state index in [0.29, 0.717) is 24.4 Å². The smallest absolute Gasteiger partial charge is 0.433 e. The molecular formula is C28H29ClF9N3O3S. The Morgan fingerprint density at radius 2 is 1.44 bits per heavy atom. The molecule has 1 fully saturated rings. The van der Waals surface area contributed by atoms with Crippen molar-refractivity contribution in [2.45, 2.75) is 95.3 Å². The minimum Gasteiger partial charge on any atom is -0.591 e. The zero-order chi connectivity index (χ0) is 34.5. The van der Waals surface area contributed by atoms with Gasteiger partial charge < -0.3 is 9.29 Å². The average Bonchev–Trinajstić information content (AvgIpc) is 3.28. The molecule has 3 rings (SSSR count). The molecule has 0 unspecified atom stereocenters. The van der Waals surface area contributed by atoms with Crippen LogP contribution in [0.4, 0.5) is 44.3 Å². The molecule has 1 aromatic carbocycles. The Balaban J connectivity index is 2.35.